The summed E-state index contributed by atoms with van der Waals surface area (Å²) in [6, 6.07) is 3.87. The van der Waals surface area contributed by atoms with Crippen molar-refractivity contribution in [3.8, 4) is 5.75 Å². The van der Waals surface area contributed by atoms with E-state index in [-0.39, 0.29) is 17.0 Å². The van der Waals surface area contributed by atoms with Crippen LogP contribution in [-0.2, 0) is 10.0 Å². The maximum atomic E-state index is 11.6. The fraction of sp³-hybridized carbons (Fsp3) is 0.364. The molecule has 0 amide bonds. The number of para-hydroxylation sites is 1. The van der Waals surface area contributed by atoms with Gasteiger partial charge in [-0.2, -0.15) is 0 Å². The van der Waals surface area contributed by atoms with Crippen LogP contribution in [0.3, 0.4) is 0 Å². The van der Waals surface area contributed by atoms with Gasteiger partial charge in [-0.3, -0.25) is 4.72 Å². The highest BCUT2D eigenvalue weighted by Gasteiger charge is 2.17. The normalized spacial score (nSPS) is 11.2. The summed E-state index contributed by atoms with van der Waals surface area (Å²) in [5.74, 6) is -1.97. The van der Waals surface area contributed by atoms with E-state index >= 15 is 0 Å². The molecule has 7 heteroatoms. The summed E-state index contributed by atoms with van der Waals surface area (Å²) < 4.78 is 25.4. The van der Waals surface area contributed by atoms with Crippen molar-refractivity contribution < 1.29 is 23.4 Å². The van der Waals surface area contributed by atoms with Gasteiger partial charge in [-0.25, -0.2) is 13.2 Å². The molecule has 0 aliphatic heterocycles. The van der Waals surface area contributed by atoms with Crippen LogP contribution < -0.4 is 4.72 Å². The molecule has 1 rings (SSSR count). The van der Waals surface area contributed by atoms with Gasteiger partial charge in [0.25, 0.3) is 0 Å². The van der Waals surface area contributed by atoms with Gasteiger partial charge in [-0.15, -0.1) is 0 Å². The Morgan fingerprint density at radius 1 is 1.39 bits per heavy atom. The van der Waals surface area contributed by atoms with Crippen molar-refractivity contribution >= 4 is 21.7 Å². The zero-order valence-electron chi connectivity index (χ0n) is 9.88. The summed E-state index contributed by atoms with van der Waals surface area (Å²) >= 11 is 0. The number of carboxylic acid groups (broad SMARTS) is 1. The Balaban J connectivity index is 2.98. The zero-order valence-corrected chi connectivity index (χ0v) is 10.7. The van der Waals surface area contributed by atoms with Gasteiger partial charge >= 0.3 is 5.97 Å². The highest BCUT2D eigenvalue weighted by Crippen LogP contribution is 2.28. The second-order valence-corrected chi connectivity index (χ2v) is 5.62. The van der Waals surface area contributed by atoms with E-state index in [9.17, 15) is 18.3 Å². The Labute approximate surface area is 105 Å². The first-order chi connectivity index (χ1) is 8.37. The van der Waals surface area contributed by atoms with Gasteiger partial charge in [0, 0.05) is 0 Å². The lowest BCUT2D eigenvalue weighted by molar-refractivity contribution is 0.0694. The van der Waals surface area contributed by atoms with Crippen molar-refractivity contribution in [2.24, 2.45) is 0 Å². The van der Waals surface area contributed by atoms with Crippen LogP contribution in [0, 0.1) is 0 Å². The van der Waals surface area contributed by atoms with Gasteiger partial charge in [-0.05, 0) is 18.6 Å². The lowest BCUT2D eigenvalue weighted by atomic mass is 10.2. The second kappa shape index (κ2) is 5.72. The van der Waals surface area contributed by atoms with Crippen molar-refractivity contribution in [1.29, 1.82) is 0 Å². The third-order valence-electron chi connectivity index (χ3n) is 2.30. The maximum absolute atomic E-state index is 11.6. The third-order valence-corrected chi connectivity index (χ3v) is 3.66. The molecule has 0 bridgehead atoms. The molecule has 1 aromatic rings. The van der Waals surface area contributed by atoms with Crippen molar-refractivity contribution in [3.05, 3.63) is 23.8 Å². The quantitative estimate of drug-likeness (QED) is 0.683. The average Bonchev–Trinajstić information content (AvgIpc) is 2.29. The van der Waals surface area contributed by atoms with Gasteiger partial charge < -0.3 is 10.2 Å². The van der Waals surface area contributed by atoms with Crippen molar-refractivity contribution in [2.45, 2.75) is 19.8 Å². The monoisotopic (exact) mass is 273 g/mol. The molecule has 0 aliphatic rings. The summed E-state index contributed by atoms with van der Waals surface area (Å²) in [6.07, 6.45) is 1.22. The van der Waals surface area contributed by atoms with Crippen LogP contribution in [0.4, 0.5) is 5.69 Å². The zero-order chi connectivity index (χ0) is 13.8. The van der Waals surface area contributed by atoms with E-state index in [0.717, 1.165) is 6.42 Å². The fourth-order valence-electron chi connectivity index (χ4n) is 1.35. The second-order valence-electron chi connectivity index (χ2n) is 3.78. The van der Waals surface area contributed by atoms with Gasteiger partial charge in [-0.1, -0.05) is 19.4 Å². The minimum atomic E-state index is -3.56. The Morgan fingerprint density at radius 3 is 2.61 bits per heavy atom. The van der Waals surface area contributed by atoms with Crippen LogP contribution in [0.5, 0.6) is 5.75 Å². The molecule has 1 aromatic carbocycles. The molecule has 0 atom stereocenters. The lowest BCUT2D eigenvalue weighted by Gasteiger charge is -2.10. The predicted molar refractivity (Wildman–Crippen MR) is 67.4 cm³/mol. The largest absolute Gasteiger partial charge is 0.505 e. The first-order valence-electron chi connectivity index (χ1n) is 5.43. The number of unbranched alkanes of at least 4 members (excludes halogenated alkanes) is 1. The molecule has 0 radical (unpaired) electrons. The number of carboxylic acids is 1. The van der Waals surface area contributed by atoms with E-state index in [2.05, 4.69) is 4.72 Å². The van der Waals surface area contributed by atoms with Gasteiger partial charge in [0.2, 0.25) is 10.0 Å². The van der Waals surface area contributed by atoms with E-state index in [0.29, 0.717) is 6.42 Å². The van der Waals surface area contributed by atoms with E-state index in [1.807, 2.05) is 6.92 Å². The first kappa shape index (κ1) is 14.3. The Morgan fingerprint density at radius 2 is 2.06 bits per heavy atom. The molecule has 0 saturated carbocycles. The van der Waals surface area contributed by atoms with Crippen molar-refractivity contribution in [2.75, 3.05) is 10.5 Å². The summed E-state index contributed by atoms with van der Waals surface area (Å²) in [4.78, 5) is 10.8. The Hall–Kier alpha value is -1.76. The number of hydrogen-bond donors (Lipinski definition) is 3. The highest BCUT2D eigenvalue weighted by molar-refractivity contribution is 7.92. The standard InChI is InChI=1S/C11H15NO5S/c1-2-3-7-18(16,17)12-9-6-4-5-8(10(9)13)11(14)15/h4-6,12-13H,2-3,7H2,1H3,(H,14,15). The molecule has 3 N–H and O–H groups in total. The molecule has 0 unspecified atom stereocenters. The Kier molecular flexibility index (Phi) is 4.55. The number of aromatic carboxylic acids is 1. The third kappa shape index (κ3) is 3.63. The number of phenols is 1. The topological polar surface area (TPSA) is 104 Å². The molecule has 0 heterocycles. The molecule has 6 nitrogen and oxygen atoms in total. The van der Waals surface area contributed by atoms with Crippen LogP contribution in [-0.4, -0.2) is 30.4 Å². The lowest BCUT2D eigenvalue weighted by Crippen LogP contribution is -2.17. The van der Waals surface area contributed by atoms with Crippen LogP contribution in [0.25, 0.3) is 0 Å². The summed E-state index contributed by atoms with van der Waals surface area (Å²) in [5.41, 5.74) is -0.461. The van der Waals surface area contributed by atoms with Crippen molar-refractivity contribution in [3.63, 3.8) is 0 Å². The van der Waals surface area contributed by atoms with Crippen LogP contribution in [0.2, 0.25) is 0 Å². The van der Waals surface area contributed by atoms with Crippen LogP contribution in [0.15, 0.2) is 18.2 Å². The number of carbonyl (C=O) groups is 1. The van der Waals surface area contributed by atoms with Crippen LogP contribution in [0.1, 0.15) is 30.1 Å². The molecule has 0 fully saturated rings. The number of rotatable bonds is 6. The van der Waals surface area contributed by atoms with E-state index in [1.54, 1.807) is 0 Å². The van der Waals surface area contributed by atoms with E-state index in [4.69, 9.17) is 5.11 Å². The SMILES string of the molecule is CCCCS(=O)(=O)Nc1cccc(C(=O)O)c1O. The molecule has 0 spiro atoms. The first-order valence-corrected chi connectivity index (χ1v) is 7.08. The molecule has 0 aliphatic carbocycles. The minimum absolute atomic E-state index is 0.0692. The van der Waals surface area contributed by atoms with Crippen LogP contribution >= 0.6 is 0 Å². The molecule has 18 heavy (non-hydrogen) atoms. The highest BCUT2D eigenvalue weighted by atomic mass is 32.2. The van der Waals surface area contributed by atoms with E-state index in [1.165, 1.54) is 18.2 Å². The fourth-order valence-corrected chi connectivity index (χ4v) is 2.62. The number of anilines is 1. The number of hydrogen-bond acceptors (Lipinski definition) is 4. The number of benzene rings is 1. The summed E-state index contributed by atoms with van der Waals surface area (Å²) in [6.45, 7) is 1.86. The minimum Gasteiger partial charge on any atom is -0.505 e. The molecular formula is C11H15NO5S. The smallest absolute Gasteiger partial charge is 0.339 e. The summed E-state index contributed by atoms with van der Waals surface area (Å²) in [7, 11) is -3.56. The number of sulfonamides is 1. The maximum Gasteiger partial charge on any atom is 0.339 e. The molecular weight excluding hydrogens is 258 g/mol. The van der Waals surface area contributed by atoms with E-state index < -0.39 is 21.7 Å². The number of aromatic hydroxyl groups is 1. The Bertz CT molecular complexity index is 538. The molecule has 100 valence electrons. The van der Waals surface area contributed by atoms with Crippen molar-refractivity contribution in [1.82, 2.24) is 0 Å². The predicted octanol–water partition coefficient (Wildman–Crippen LogP) is 1.63. The van der Waals surface area contributed by atoms with Gasteiger partial charge in [0.05, 0.1) is 11.4 Å². The summed E-state index contributed by atoms with van der Waals surface area (Å²) in [5, 5.41) is 18.4. The molecule has 0 aromatic heterocycles. The molecule has 0 saturated heterocycles. The average molecular weight is 273 g/mol. The van der Waals surface area contributed by atoms with Gasteiger partial charge in [0.1, 0.15) is 5.56 Å². The van der Waals surface area contributed by atoms with Gasteiger partial charge in [0.15, 0.2) is 5.75 Å². The number of nitrogens with one attached hydrogen (secondary N) is 1.